The smallest absolute Gasteiger partial charge is 0.276 e. The van der Waals surface area contributed by atoms with Gasteiger partial charge in [-0.05, 0) is 36.2 Å². The zero-order chi connectivity index (χ0) is 15.0. The van der Waals surface area contributed by atoms with Crippen LogP contribution >= 0.6 is 11.6 Å². The van der Waals surface area contributed by atoms with Crippen LogP contribution in [0, 0.1) is 6.92 Å². The summed E-state index contributed by atoms with van der Waals surface area (Å²) in [6.07, 6.45) is -4.88. The van der Waals surface area contributed by atoms with E-state index in [0.717, 1.165) is 6.07 Å². The predicted molar refractivity (Wildman–Crippen MR) is 64.1 cm³/mol. The lowest BCUT2D eigenvalue weighted by atomic mass is 10.1. The third kappa shape index (κ3) is 3.27. The number of hydrogen-bond donors (Lipinski definition) is 0. The van der Waals surface area contributed by atoms with Crippen LogP contribution in [0.1, 0.15) is 28.4 Å². The molecule has 0 radical (unpaired) electrons. The van der Waals surface area contributed by atoms with Crippen molar-refractivity contribution in [2.45, 2.75) is 24.9 Å². The lowest BCUT2D eigenvalue weighted by Gasteiger charge is -2.15. The molecule has 3 nitrogen and oxygen atoms in total. The molecule has 0 aromatic heterocycles. The predicted octanol–water partition coefficient (Wildman–Crippen LogP) is 3.19. The molecule has 1 aromatic rings. The van der Waals surface area contributed by atoms with E-state index >= 15 is 0 Å². The van der Waals surface area contributed by atoms with Crippen molar-refractivity contribution in [2.24, 2.45) is 0 Å². The van der Waals surface area contributed by atoms with Crippen molar-refractivity contribution in [3.63, 3.8) is 0 Å². The summed E-state index contributed by atoms with van der Waals surface area (Å²) in [4.78, 5) is 10.2. The SMILES string of the molecule is CCS(=O)(=O)c1cc(C)c(C(=O)Cl)cc1C(F)(F)F. The van der Waals surface area contributed by atoms with Crippen molar-refractivity contribution >= 4 is 26.7 Å². The molecule has 0 aliphatic heterocycles. The first kappa shape index (κ1) is 16.0. The Hall–Kier alpha value is -1.08. The third-order valence-electron chi connectivity index (χ3n) is 2.56. The van der Waals surface area contributed by atoms with Gasteiger partial charge in [0.15, 0.2) is 9.84 Å². The Morgan fingerprint density at radius 3 is 2.21 bits per heavy atom. The van der Waals surface area contributed by atoms with E-state index in [1.807, 2.05) is 0 Å². The molecule has 1 aromatic carbocycles. The third-order valence-corrected chi connectivity index (χ3v) is 4.53. The van der Waals surface area contributed by atoms with E-state index in [9.17, 15) is 26.4 Å². The molecule has 0 unspecified atom stereocenters. The number of hydrogen-bond acceptors (Lipinski definition) is 3. The Balaban J connectivity index is 3.75. The van der Waals surface area contributed by atoms with Gasteiger partial charge in [-0.15, -0.1) is 0 Å². The lowest BCUT2D eigenvalue weighted by Crippen LogP contribution is -2.16. The Labute approximate surface area is 113 Å². The molecule has 0 saturated heterocycles. The maximum Gasteiger partial charge on any atom is 0.417 e. The van der Waals surface area contributed by atoms with Crippen LogP contribution in [0.4, 0.5) is 13.2 Å². The highest BCUT2D eigenvalue weighted by Crippen LogP contribution is 2.36. The van der Waals surface area contributed by atoms with E-state index in [2.05, 4.69) is 0 Å². The Kier molecular flexibility index (Phi) is 4.31. The molecule has 0 amide bonds. The standard InChI is InChI=1S/C11H10ClF3O3S/c1-3-19(17,18)9-4-6(2)7(10(12)16)5-8(9)11(13,14)15/h4-5H,3H2,1-2H3. The molecule has 1 rings (SSSR count). The molecular formula is C11H10ClF3O3S. The molecule has 106 valence electrons. The molecule has 0 bridgehead atoms. The molecule has 8 heteroatoms. The topological polar surface area (TPSA) is 51.2 Å². The van der Waals surface area contributed by atoms with E-state index in [-0.39, 0.29) is 11.1 Å². The monoisotopic (exact) mass is 314 g/mol. The van der Waals surface area contributed by atoms with E-state index in [4.69, 9.17) is 11.6 Å². The maximum absolute atomic E-state index is 12.9. The fourth-order valence-electron chi connectivity index (χ4n) is 1.53. The molecule has 0 heterocycles. The van der Waals surface area contributed by atoms with Gasteiger partial charge < -0.3 is 0 Å². The minimum atomic E-state index is -4.88. The summed E-state index contributed by atoms with van der Waals surface area (Å²) < 4.78 is 62.0. The van der Waals surface area contributed by atoms with Crippen LogP contribution < -0.4 is 0 Å². The van der Waals surface area contributed by atoms with E-state index < -0.39 is 37.5 Å². The first-order chi connectivity index (χ1) is 8.50. The van der Waals surface area contributed by atoms with Gasteiger partial charge in [-0.3, -0.25) is 4.79 Å². The van der Waals surface area contributed by atoms with E-state index in [1.54, 1.807) is 0 Å². The Bertz CT molecular complexity index is 621. The van der Waals surface area contributed by atoms with Crippen molar-refractivity contribution in [1.82, 2.24) is 0 Å². The summed E-state index contributed by atoms with van der Waals surface area (Å²) in [5.41, 5.74) is -1.65. The number of benzene rings is 1. The summed E-state index contributed by atoms with van der Waals surface area (Å²) in [6, 6.07) is 1.31. The number of halogens is 4. The van der Waals surface area contributed by atoms with Crippen molar-refractivity contribution in [2.75, 3.05) is 5.75 Å². The summed E-state index contributed by atoms with van der Waals surface area (Å²) in [6.45, 7) is 2.57. The van der Waals surface area contributed by atoms with Gasteiger partial charge >= 0.3 is 6.18 Å². The first-order valence-corrected chi connectivity index (χ1v) is 7.18. The van der Waals surface area contributed by atoms with Gasteiger partial charge in [-0.1, -0.05) is 6.92 Å². The van der Waals surface area contributed by atoms with Crippen molar-refractivity contribution < 1.29 is 26.4 Å². The molecule has 19 heavy (non-hydrogen) atoms. The summed E-state index contributed by atoms with van der Waals surface area (Å²) in [5.74, 6) is -0.469. The fourth-order valence-corrected chi connectivity index (χ4v) is 2.91. The number of carbonyl (C=O) groups is 1. The normalized spacial score (nSPS) is 12.5. The first-order valence-electron chi connectivity index (χ1n) is 5.15. The zero-order valence-corrected chi connectivity index (χ0v) is 11.6. The van der Waals surface area contributed by atoms with Gasteiger partial charge in [-0.25, -0.2) is 8.42 Å². The van der Waals surface area contributed by atoms with Crippen LogP contribution in [-0.4, -0.2) is 19.4 Å². The maximum atomic E-state index is 12.9. The second-order valence-corrected chi connectivity index (χ2v) is 6.43. The number of aryl methyl sites for hydroxylation is 1. The molecule has 0 aliphatic carbocycles. The minimum absolute atomic E-state index is 0.0834. The van der Waals surface area contributed by atoms with Crippen LogP contribution in [-0.2, 0) is 16.0 Å². The molecule has 0 atom stereocenters. The average Bonchev–Trinajstić information content (AvgIpc) is 2.26. The van der Waals surface area contributed by atoms with Crippen LogP contribution in [0.25, 0.3) is 0 Å². The molecule has 0 aliphatic rings. The molecular weight excluding hydrogens is 305 g/mol. The van der Waals surface area contributed by atoms with Crippen LogP contribution in [0.2, 0.25) is 0 Å². The van der Waals surface area contributed by atoms with E-state index in [1.165, 1.54) is 13.8 Å². The van der Waals surface area contributed by atoms with Gasteiger partial charge in [0.1, 0.15) is 0 Å². The minimum Gasteiger partial charge on any atom is -0.276 e. The summed E-state index contributed by atoms with van der Waals surface area (Å²) in [5, 5.41) is -1.07. The van der Waals surface area contributed by atoms with Gasteiger partial charge in [-0.2, -0.15) is 13.2 Å². The quantitative estimate of drug-likeness (QED) is 0.805. The van der Waals surface area contributed by atoms with Crippen molar-refractivity contribution in [3.05, 3.63) is 28.8 Å². The number of carbonyl (C=O) groups excluding carboxylic acids is 1. The molecule has 0 spiro atoms. The van der Waals surface area contributed by atoms with E-state index in [0.29, 0.717) is 6.07 Å². The van der Waals surface area contributed by atoms with Crippen LogP contribution in [0.5, 0.6) is 0 Å². The zero-order valence-electron chi connectivity index (χ0n) is 10.0. The number of sulfone groups is 1. The van der Waals surface area contributed by atoms with Crippen molar-refractivity contribution in [3.8, 4) is 0 Å². The van der Waals surface area contributed by atoms with Gasteiger partial charge in [0.25, 0.3) is 5.24 Å². The second-order valence-electron chi connectivity index (χ2n) is 3.84. The highest BCUT2D eigenvalue weighted by atomic mass is 35.5. The van der Waals surface area contributed by atoms with Crippen molar-refractivity contribution in [1.29, 1.82) is 0 Å². The molecule has 0 fully saturated rings. The highest BCUT2D eigenvalue weighted by Gasteiger charge is 2.37. The Morgan fingerprint density at radius 1 is 1.32 bits per heavy atom. The van der Waals surface area contributed by atoms with Gasteiger partial charge in [0.2, 0.25) is 0 Å². The Morgan fingerprint density at radius 2 is 1.84 bits per heavy atom. The number of rotatable bonds is 3. The van der Waals surface area contributed by atoms with Crippen LogP contribution in [0.15, 0.2) is 17.0 Å². The highest BCUT2D eigenvalue weighted by molar-refractivity contribution is 7.91. The molecule has 0 saturated carbocycles. The largest absolute Gasteiger partial charge is 0.417 e. The lowest BCUT2D eigenvalue weighted by molar-refractivity contribution is -0.139. The summed E-state index contributed by atoms with van der Waals surface area (Å²) >= 11 is 5.18. The van der Waals surface area contributed by atoms with Gasteiger partial charge in [0, 0.05) is 5.56 Å². The fraction of sp³-hybridized carbons (Fsp3) is 0.364. The van der Waals surface area contributed by atoms with Gasteiger partial charge in [0.05, 0.1) is 16.2 Å². The summed E-state index contributed by atoms with van der Waals surface area (Å²) in [7, 11) is -4.05. The number of alkyl halides is 3. The second kappa shape index (κ2) is 5.13. The van der Waals surface area contributed by atoms with Crippen LogP contribution in [0.3, 0.4) is 0 Å². The molecule has 0 N–H and O–H groups in total. The average molecular weight is 315 g/mol.